The van der Waals surface area contributed by atoms with Gasteiger partial charge in [0.05, 0.1) is 9.95 Å². The molecule has 0 saturated carbocycles. The largest absolute Gasteiger partial charge is 0.508 e. The van der Waals surface area contributed by atoms with Gasteiger partial charge < -0.3 is 5.11 Å². The molecule has 0 atom stereocenters. The molecule has 0 saturated heterocycles. The summed E-state index contributed by atoms with van der Waals surface area (Å²) in [7, 11) is 0. The molecule has 1 N–H and O–H groups in total. The van der Waals surface area contributed by atoms with Gasteiger partial charge in [0, 0.05) is 6.08 Å². The molecule has 0 radical (unpaired) electrons. The Bertz CT molecular complexity index is 362. The highest BCUT2D eigenvalue weighted by molar-refractivity contribution is 6.32. The van der Waals surface area contributed by atoms with Crippen LogP contribution in [0.1, 0.15) is 5.56 Å². The molecule has 1 rings (SSSR count). The van der Waals surface area contributed by atoms with Gasteiger partial charge in [0.1, 0.15) is 5.75 Å². The smallest absolute Gasteiger partial charge is 0.235 e. The standard InChI is InChI=1S/C8H6ClNO3/c9-8-5-7(11)2-1-6(8)3-4-10(12)13/h1-5,11H/b4-3+. The second kappa shape index (κ2) is 3.91. The Morgan fingerprint density at radius 2 is 2.23 bits per heavy atom. The van der Waals surface area contributed by atoms with Crippen LogP contribution in [0, 0.1) is 10.1 Å². The fourth-order valence-electron chi connectivity index (χ4n) is 0.792. The molecule has 0 amide bonds. The van der Waals surface area contributed by atoms with Crippen molar-refractivity contribution in [2.75, 3.05) is 0 Å². The van der Waals surface area contributed by atoms with Crippen molar-refractivity contribution in [3.05, 3.63) is 45.1 Å². The maximum atomic E-state index is 9.98. The summed E-state index contributed by atoms with van der Waals surface area (Å²) in [5.74, 6) is 0.0308. The molecule has 0 aliphatic heterocycles. The van der Waals surface area contributed by atoms with Gasteiger partial charge in [-0.05, 0) is 23.8 Å². The Labute approximate surface area is 79.2 Å². The molecule has 1 aromatic carbocycles. The SMILES string of the molecule is O=[N+]([O-])/C=C/c1ccc(O)cc1Cl. The van der Waals surface area contributed by atoms with Crippen molar-refractivity contribution in [2.24, 2.45) is 0 Å². The van der Waals surface area contributed by atoms with Crippen LogP contribution in [-0.4, -0.2) is 10.0 Å². The number of aromatic hydroxyl groups is 1. The van der Waals surface area contributed by atoms with Gasteiger partial charge in [-0.15, -0.1) is 0 Å². The maximum absolute atomic E-state index is 9.98. The van der Waals surface area contributed by atoms with Gasteiger partial charge in [-0.1, -0.05) is 11.6 Å². The lowest BCUT2D eigenvalue weighted by atomic mass is 10.2. The van der Waals surface area contributed by atoms with Gasteiger partial charge in [-0.25, -0.2) is 0 Å². The Balaban J connectivity index is 2.96. The third-order valence-corrected chi connectivity index (χ3v) is 1.69. The number of phenolic OH excluding ortho intramolecular Hbond substituents is 1. The van der Waals surface area contributed by atoms with E-state index >= 15 is 0 Å². The summed E-state index contributed by atoms with van der Waals surface area (Å²) in [5, 5.41) is 19.2. The van der Waals surface area contributed by atoms with Crippen molar-refractivity contribution in [1.29, 1.82) is 0 Å². The van der Waals surface area contributed by atoms with Crippen molar-refractivity contribution in [2.45, 2.75) is 0 Å². The predicted octanol–water partition coefficient (Wildman–Crippen LogP) is 2.29. The van der Waals surface area contributed by atoms with E-state index in [-0.39, 0.29) is 10.8 Å². The van der Waals surface area contributed by atoms with Crippen molar-refractivity contribution in [3.63, 3.8) is 0 Å². The van der Waals surface area contributed by atoms with Gasteiger partial charge in [0.25, 0.3) is 0 Å². The van der Waals surface area contributed by atoms with Crippen LogP contribution in [0.2, 0.25) is 5.02 Å². The van der Waals surface area contributed by atoms with E-state index in [0.29, 0.717) is 5.56 Å². The monoisotopic (exact) mass is 199 g/mol. The third-order valence-electron chi connectivity index (χ3n) is 1.36. The van der Waals surface area contributed by atoms with Gasteiger partial charge in [0.15, 0.2) is 0 Å². The summed E-state index contributed by atoms with van der Waals surface area (Å²) in [6, 6.07) is 4.23. The number of hydrogen-bond acceptors (Lipinski definition) is 3. The molecule has 0 bridgehead atoms. The zero-order valence-electron chi connectivity index (χ0n) is 6.48. The van der Waals surface area contributed by atoms with Gasteiger partial charge in [0.2, 0.25) is 6.20 Å². The Hall–Kier alpha value is -1.55. The molecular weight excluding hydrogens is 194 g/mol. The Morgan fingerprint density at radius 1 is 1.54 bits per heavy atom. The quantitative estimate of drug-likeness (QED) is 0.587. The molecule has 0 fully saturated rings. The van der Waals surface area contributed by atoms with E-state index in [1.807, 2.05) is 0 Å². The first kappa shape index (κ1) is 9.54. The molecule has 1 aromatic rings. The Kier molecular flexibility index (Phi) is 2.87. The van der Waals surface area contributed by atoms with Crippen LogP contribution in [0.25, 0.3) is 6.08 Å². The van der Waals surface area contributed by atoms with Crippen molar-refractivity contribution >= 4 is 17.7 Å². The number of nitrogens with zero attached hydrogens (tertiary/aromatic N) is 1. The molecule has 13 heavy (non-hydrogen) atoms. The molecular formula is C8H6ClNO3. The topological polar surface area (TPSA) is 63.4 Å². The van der Waals surface area contributed by atoms with Crippen LogP contribution >= 0.6 is 11.6 Å². The number of rotatable bonds is 2. The van der Waals surface area contributed by atoms with Crippen LogP contribution < -0.4 is 0 Å². The van der Waals surface area contributed by atoms with E-state index < -0.39 is 4.92 Å². The minimum Gasteiger partial charge on any atom is -0.508 e. The number of phenols is 1. The second-order valence-electron chi connectivity index (χ2n) is 2.31. The van der Waals surface area contributed by atoms with Crippen LogP contribution in [0.5, 0.6) is 5.75 Å². The van der Waals surface area contributed by atoms with Crippen LogP contribution in [0.3, 0.4) is 0 Å². The third kappa shape index (κ3) is 2.76. The van der Waals surface area contributed by atoms with Crippen LogP contribution in [0.4, 0.5) is 0 Å². The first-order valence-electron chi connectivity index (χ1n) is 3.40. The molecule has 0 aromatic heterocycles. The highest BCUT2D eigenvalue weighted by atomic mass is 35.5. The molecule has 0 unspecified atom stereocenters. The van der Waals surface area contributed by atoms with Crippen LogP contribution in [-0.2, 0) is 0 Å². The van der Waals surface area contributed by atoms with Gasteiger partial charge in [-0.2, -0.15) is 0 Å². The summed E-state index contributed by atoms with van der Waals surface area (Å²) in [4.78, 5) is 9.40. The molecule has 68 valence electrons. The van der Waals surface area contributed by atoms with E-state index in [0.717, 1.165) is 6.20 Å². The second-order valence-corrected chi connectivity index (χ2v) is 2.71. The summed E-state index contributed by atoms with van der Waals surface area (Å²) in [6.45, 7) is 0. The van der Waals surface area contributed by atoms with Crippen molar-refractivity contribution in [1.82, 2.24) is 0 Å². The van der Waals surface area contributed by atoms with E-state index in [2.05, 4.69) is 0 Å². The summed E-state index contributed by atoms with van der Waals surface area (Å²) < 4.78 is 0. The summed E-state index contributed by atoms with van der Waals surface area (Å²) in [5.41, 5.74) is 0.496. The fraction of sp³-hybridized carbons (Fsp3) is 0. The lowest BCUT2D eigenvalue weighted by Gasteiger charge is -1.96. The van der Waals surface area contributed by atoms with Crippen molar-refractivity contribution in [3.8, 4) is 5.75 Å². The summed E-state index contributed by atoms with van der Waals surface area (Å²) in [6.07, 6.45) is 2.06. The minimum absolute atomic E-state index is 0.0308. The van der Waals surface area contributed by atoms with E-state index in [1.54, 1.807) is 0 Å². The number of halogens is 1. The molecule has 0 aliphatic rings. The van der Waals surface area contributed by atoms with E-state index in [9.17, 15) is 10.1 Å². The fourth-order valence-corrected chi connectivity index (χ4v) is 1.03. The highest BCUT2D eigenvalue weighted by Crippen LogP contribution is 2.22. The zero-order chi connectivity index (χ0) is 9.84. The van der Waals surface area contributed by atoms with E-state index in [4.69, 9.17) is 16.7 Å². The van der Waals surface area contributed by atoms with E-state index in [1.165, 1.54) is 24.3 Å². The molecule has 4 nitrogen and oxygen atoms in total. The minimum atomic E-state index is -0.580. The number of hydrogen-bond donors (Lipinski definition) is 1. The molecule has 5 heteroatoms. The highest BCUT2D eigenvalue weighted by Gasteiger charge is 1.98. The maximum Gasteiger partial charge on any atom is 0.235 e. The van der Waals surface area contributed by atoms with Gasteiger partial charge >= 0.3 is 0 Å². The predicted molar refractivity (Wildman–Crippen MR) is 49.1 cm³/mol. The molecule has 0 aliphatic carbocycles. The van der Waals surface area contributed by atoms with Crippen molar-refractivity contribution < 1.29 is 10.0 Å². The summed E-state index contributed by atoms with van der Waals surface area (Å²) >= 11 is 5.68. The first-order chi connectivity index (χ1) is 6.09. The number of benzene rings is 1. The average Bonchev–Trinajstić information content (AvgIpc) is 2.02. The van der Waals surface area contributed by atoms with Crippen LogP contribution in [0.15, 0.2) is 24.4 Å². The normalized spacial score (nSPS) is 10.5. The van der Waals surface area contributed by atoms with Gasteiger partial charge in [-0.3, -0.25) is 10.1 Å². The Morgan fingerprint density at radius 3 is 2.77 bits per heavy atom. The lowest BCUT2D eigenvalue weighted by Crippen LogP contribution is -1.82. The molecule has 0 heterocycles. The zero-order valence-corrected chi connectivity index (χ0v) is 7.23. The average molecular weight is 200 g/mol. The first-order valence-corrected chi connectivity index (χ1v) is 3.77. The lowest BCUT2D eigenvalue weighted by molar-refractivity contribution is -0.400. The molecule has 0 spiro atoms. The number of nitro groups is 1.